The summed E-state index contributed by atoms with van der Waals surface area (Å²) in [7, 11) is 1.78. The molecule has 3 aliphatic heterocycles. The molecule has 1 aliphatic carbocycles. The number of imide groups is 1. The summed E-state index contributed by atoms with van der Waals surface area (Å²) in [5.74, 6) is -1.17. The summed E-state index contributed by atoms with van der Waals surface area (Å²) in [5.41, 5.74) is -0.689. The number of carbonyl (C=O) groups is 4. The maximum Gasteiger partial charge on any atom is 0.417 e. The number of aromatic nitrogens is 2. The molecule has 2 N–H and O–H groups in total. The van der Waals surface area contributed by atoms with Gasteiger partial charge in [-0.2, -0.15) is 23.5 Å². The number of rotatable bonds is 10. The molecular weight excluding hydrogens is 796 g/mol. The van der Waals surface area contributed by atoms with Crippen LogP contribution in [0.25, 0.3) is 10.9 Å². The van der Waals surface area contributed by atoms with Crippen molar-refractivity contribution in [2.75, 3.05) is 36.4 Å². The molecule has 3 aromatic rings. The van der Waals surface area contributed by atoms with Crippen molar-refractivity contribution in [3.8, 4) is 6.07 Å². The highest BCUT2D eigenvalue weighted by molar-refractivity contribution is 7.80. The Hall–Kier alpha value is -4.92. The van der Waals surface area contributed by atoms with Gasteiger partial charge in [-0.1, -0.05) is 12.1 Å². The Morgan fingerprint density at radius 3 is 2.40 bits per heavy atom. The Kier molecular flexibility index (Phi) is 12.1. The van der Waals surface area contributed by atoms with Crippen LogP contribution in [0.5, 0.6) is 0 Å². The van der Waals surface area contributed by atoms with Crippen LogP contribution in [-0.2, 0) is 32.4 Å². The molecule has 17 heteroatoms. The van der Waals surface area contributed by atoms with Crippen molar-refractivity contribution in [2.24, 2.45) is 13.0 Å². The first-order valence-corrected chi connectivity index (χ1v) is 21.2. The summed E-state index contributed by atoms with van der Waals surface area (Å²) in [6, 6.07) is 10.7. The van der Waals surface area contributed by atoms with Gasteiger partial charge in [0.15, 0.2) is 5.11 Å². The number of halogens is 3. The first-order valence-electron chi connectivity index (χ1n) is 20.8. The number of piperazine rings is 1. The predicted octanol–water partition coefficient (Wildman–Crippen LogP) is 6.07. The fourth-order valence-electron chi connectivity index (χ4n) is 9.94. The Balaban J connectivity index is 0.884. The summed E-state index contributed by atoms with van der Waals surface area (Å²) in [4.78, 5) is 59.3. The van der Waals surface area contributed by atoms with E-state index in [0.717, 1.165) is 81.2 Å². The normalized spacial score (nSPS) is 25.5. The lowest BCUT2D eigenvalue weighted by molar-refractivity contribution is -0.138. The van der Waals surface area contributed by atoms with Gasteiger partial charge in [-0.25, -0.2) is 0 Å². The molecule has 3 atom stereocenters. The van der Waals surface area contributed by atoms with Crippen molar-refractivity contribution in [2.45, 2.75) is 115 Å². The van der Waals surface area contributed by atoms with E-state index in [4.69, 9.17) is 12.2 Å². The summed E-state index contributed by atoms with van der Waals surface area (Å²) in [6.45, 7) is 10.7. The lowest BCUT2D eigenvalue weighted by Crippen LogP contribution is -2.58. The first kappa shape index (κ1) is 43.2. The van der Waals surface area contributed by atoms with Gasteiger partial charge in [0.2, 0.25) is 17.7 Å². The van der Waals surface area contributed by atoms with Crippen molar-refractivity contribution in [1.29, 1.82) is 5.26 Å². The number of benzene rings is 2. The maximum absolute atomic E-state index is 13.8. The van der Waals surface area contributed by atoms with Crippen LogP contribution < -0.4 is 15.5 Å². The number of hydrogen-bond acceptors (Lipinski definition) is 9. The molecule has 320 valence electrons. The van der Waals surface area contributed by atoms with Gasteiger partial charge < -0.3 is 15.1 Å². The number of fused-ring (bicyclic) bond motifs is 1. The third-order valence-corrected chi connectivity index (χ3v) is 13.3. The standard InChI is InChI=1S/C43H52F3N9O4S/c1-25-22-52(23-26(2)53(25)24-36(57)48-34-10-6-9-31-37(50-51(5)38(31)34)32-17-18-35(56)49-39(32)58)19-7-8-27-11-14-29(15-12-27)55-41(60)54(40(59)42(55,3)4)30-16-13-28(21-47)33(20-30)43(44,45)46/h6,9-10,13,16,20,25-27,29,32H,7-8,11-12,14-15,17-19,22-24H2,1-5H3,(H,48,57)(H,49,56,58)/t25-,26+,27?,29?,32?. The van der Waals surface area contributed by atoms with Gasteiger partial charge >= 0.3 is 6.18 Å². The number of thiocarbonyl (C=S) groups is 1. The minimum Gasteiger partial charge on any atom is -0.331 e. The Bertz CT molecular complexity index is 2230. The van der Waals surface area contributed by atoms with Crippen molar-refractivity contribution < 1.29 is 32.3 Å². The van der Waals surface area contributed by atoms with E-state index in [9.17, 15) is 37.6 Å². The number of para-hydroxylation sites is 1. The number of nitrogens with zero attached hydrogens (tertiary/aromatic N) is 7. The van der Waals surface area contributed by atoms with Gasteiger partial charge in [-0.3, -0.25) is 39.0 Å². The lowest BCUT2D eigenvalue weighted by atomic mass is 9.82. The molecule has 0 radical (unpaired) electrons. The summed E-state index contributed by atoms with van der Waals surface area (Å²) < 4.78 is 43.0. The fourth-order valence-corrected chi connectivity index (χ4v) is 10.5. The zero-order chi connectivity index (χ0) is 43.3. The van der Waals surface area contributed by atoms with Crippen molar-refractivity contribution in [3.63, 3.8) is 0 Å². The third kappa shape index (κ3) is 8.38. The second-order valence-electron chi connectivity index (χ2n) is 17.4. The van der Waals surface area contributed by atoms with Crippen LogP contribution in [0.1, 0.15) is 102 Å². The van der Waals surface area contributed by atoms with Crippen LogP contribution in [0.3, 0.4) is 0 Å². The highest BCUT2D eigenvalue weighted by Crippen LogP contribution is 2.42. The van der Waals surface area contributed by atoms with Crippen LogP contribution in [0.15, 0.2) is 36.4 Å². The van der Waals surface area contributed by atoms with Crippen molar-refractivity contribution in [3.05, 3.63) is 53.2 Å². The average Bonchev–Trinajstić information content (AvgIpc) is 3.61. The number of alkyl halides is 3. The minimum absolute atomic E-state index is 0.00964. The second-order valence-corrected chi connectivity index (χ2v) is 17.8. The molecule has 60 heavy (non-hydrogen) atoms. The van der Waals surface area contributed by atoms with E-state index in [0.29, 0.717) is 23.7 Å². The average molecular weight is 848 g/mol. The number of carbonyl (C=O) groups excluding carboxylic acids is 4. The van der Waals surface area contributed by atoms with Crippen LogP contribution in [-0.4, -0.2) is 103 Å². The molecule has 7 rings (SSSR count). The van der Waals surface area contributed by atoms with Gasteiger partial charge in [0, 0.05) is 50.1 Å². The summed E-state index contributed by atoms with van der Waals surface area (Å²) >= 11 is 5.78. The number of aryl methyl sites for hydroxylation is 1. The minimum atomic E-state index is -4.75. The zero-order valence-electron chi connectivity index (χ0n) is 34.6. The molecule has 1 aromatic heterocycles. The molecular formula is C43H52F3N9O4S. The van der Waals surface area contributed by atoms with Crippen LogP contribution in [0.2, 0.25) is 0 Å². The van der Waals surface area contributed by atoms with Crippen LogP contribution >= 0.6 is 12.2 Å². The SMILES string of the molecule is C[C@@H]1CN(CCCC2CCC(N3C(=S)N(c4ccc(C#N)c(C(F)(F)F)c4)C(=O)C3(C)C)CC2)C[C@H](C)N1CC(=O)Nc1cccc2c(C3CCC(=O)NC3=O)nn(C)c12. The van der Waals surface area contributed by atoms with Crippen molar-refractivity contribution >= 4 is 63.2 Å². The van der Waals surface area contributed by atoms with Crippen LogP contribution in [0.4, 0.5) is 24.5 Å². The van der Waals surface area contributed by atoms with Crippen LogP contribution in [0, 0.1) is 17.2 Å². The topological polar surface area (TPSA) is 147 Å². The third-order valence-electron chi connectivity index (χ3n) is 12.9. The monoisotopic (exact) mass is 847 g/mol. The van der Waals surface area contributed by atoms with Gasteiger partial charge in [0.1, 0.15) is 5.54 Å². The highest BCUT2D eigenvalue weighted by atomic mass is 32.1. The molecule has 1 unspecified atom stereocenters. The molecule has 1 saturated carbocycles. The molecule has 4 heterocycles. The zero-order valence-corrected chi connectivity index (χ0v) is 35.5. The van der Waals surface area contributed by atoms with Gasteiger partial charge in [0.05, 0.1) is 52.2 Å². The Labute approximate surface area is 353 Å². The number of nitriles is 1. The molecule has 0 spiro atoms. The fraction of sp³-hybridized carbons (Fsp3) is 0.558. The number of piperidine rings is 1. The van der Waals surface area contributed by atoms with E-state index in [1.165, 1.54) is 11.0 Å². The van der Waals surface area contributed by atoms with Crippen molar-refractivity contribution in [1.82, 2.24) is 29.8 Å². The summed E-state index contributed by atoms with van der Waals surface area (Å²) in [6.07, 6.45) is 1.55. The Morgan fingerprint density at radius 2 is 1.75 bits per heavy atom. The molecule has 4 aliphatic rings. The molecule has 0 bridgehead atoms. The first-order chi connectivity index (χ1) is 28.4. The number of amides is 4. The van der Waals surface area contributed by atoms with E-state index in [-0.39, 0.29) is 65.5 Å². The van der Waals surface area contributed by atoms with Gasteiger partial charge in [-0.05, 0) is 122 Å². The number of anilines is 2. The highest BCUT2D eigenvalue weighted by Gasteiger charge is 2.52. The van der Waals surface area contributed by atoms with E-state index >= 15 is 0 Å². The lowest BCUT2D eigenvalue weighted by Gasteiger charge is -2.44. The molecule has 4 amide bonds. The van der Waals surface area contributed by atoms with E-state index in [1.807, 2.05) is 23.1 Å². The van der Waals surface area contributed by atoms with E-state index in [2.05, 4.69) is 39.4 Å². The molecule has 13 nitrogen and oxygen atoms in total. The molecule has 3 saturated heterocycles. The smallest absolute Gasteiger partial charge is 0.331 e. The number of nitrogens with one attached hydrogen (secondary N) is 2. The predicted molar refractivity (Wildman–Crippen MR) is 224 cm³/mol. The van der Waals surface area contributed by atoms with E-state index in [1.54, 1.807) is 31.6 Å². The maximum atomic E-state index is 13.8. The Morgan fingerprint density at radius 1 is 1.05 bits per heavy atom. The van der Waals surface area contributed by atoms with E-state index < -0.39 is 28.8 Å². The molecule has 4 fully saturated rings. The van der Waals surface area contributed by atoms with Gasteiger partial charge in [-0.15, -0.1) is 0 Å². The van der Waals surface area contributed by atoms with Gasteiger partial charge in [0.25, 0.3) is 5.91 Å². The molecule has 2 aromatic carbocycles. The quantitative estimate of drug-likeness (QED) is 0.182. The number of hydrogen-bond donors (Lipinski definition) is 2. The largest absolute Gasteiger partial charge is 0.417 e. The second kappa shape index (κ2) is 16.9. The summed E-state index contributed by atoms with van der Waals surface area (Å²) in [5, 5.41) is 20.3.